The molecule has 0 unspecified atom stereocenters. The molecule has 0 radical (unpaired) electrons. The summed E-state index contributed by atoms with van der Waals surface area (Å²) in [6.45, 7) is 2.97. The van der Waals surface area contributed by atoms with E-state index in [-0.39, 0.29) is 23.8 Å². The van der Waals surface area contributed by atoms with Crippen molar-refractivity contribution in [3.05, 3.63) is 29.8 Å². The summed E-state index contributed by atoms with van der Waals surface area (Å²) < 4.78 is 11.0. The molecule has 4 heterocycles. The molecule has 1 aromatic heterocycles. The van der Waals surface area contributed by atoms with Gasteiger partial charge in [-0.2, -0.15) is 0 Å². The monoisotopic (exact) mass is 424 g/mol. The molecule has 3 saturated heterocycles. The number of piperidine rings is 1. The fraction of sp³-hybridized carbons (Fsp3) is 0.522. The van der Waals surface area contributed by atoms with Crippen LogP contribution in [0.1, 0.15) is 36.0 Å². The first-order valence-corrected chi connectivity index (χ1v) is 11.0. The predicted octanol–water partition coefficient (Wildman–Crippen LogP) is 2.64. The minimum atomic E-state index is -0.0607. The van der Waals surface area contributed by atoms with Crippen LogP contribution in [0.5, 0.6) is 5.75 Å². The number of carbonyl (C=O) groups is 2. The molecule has 1 aromatic carbocycles. The van der Waals surface area contributed by atoms with Crippen LogP contribution >= 0.6 is 0 Å². The Hall–Kier alpha value is -3.03. The van der Waals surface area contributed by atoms with E-state index in [2.05, 4.69) is 10.1 Å². The Morgan fingerprint density at radius 1 is 1.16 bits per heavy atom. The zero-order chi connectivity index (χ0) is 21.5. The highest BCUT2D eigenvalue weighted by molar-refractivity contribution is 6.04. The van der Waals surface area contributed by atoms with Gasteiger partial charge in [0.05, 0.1) is 7.11 Å². The maximum atomic E-state index is 13.8. The van der Waals surface area contributed by atoms with Crippen LogP contribution in [0.2, 0.25) is 0 Å². The molecule has 3 fully saturated rings. The van der Waals surface area contributed by atoms with E-state index in [9.17, 15) is 9.59 Å². The molecule has 0 N–H and O–H groups in total. The molecular weight excluding hydrogens is 396 g/mol. The number of aromatic nitrogens is 1. The van der Waals surface area contributed by atoms with Gasteiger partial charge in [-0.3, -0.25) is 9.59 Å². The molecule has 0 saturated carbocycles. The van der Waals surface area contributed by atoms with Crippen molar-refractivity contribution >= 4 is 17.6 Å². The Morgan fingerprint density at radius 2 is 1.90 bits per heavy atom. The molecule has 2 amide bonds. The number of benzene rings is 1. The number of hydrogen-bond donors (Lipinski definition) is 0. The van der Waals surface area contributed by atoms with Gasteiger partial charge in [0.25, 0.3) is 5.91 Å². The van der Waals surface area contributed by atoms with Gasteiger partial charge in [-0.05, 0) is 43.5 Å². The molecule has 5 rings (SSSR count). The molecule has 3 aliphatic rings. The smallest absolute Gasteiger partial charge is 0.261 e. The molecule has 3 aliphatic heterocycles. The predicted molar refractivity (Wildman–Crippen MR) is 115 cm³/mol. The van der Waals surface area contributed by atoms with Crippen LogP contribution < -0.4 is 9.64 Å². The van der Waals surface area contributed by atoms with Crippen LogP contribution in [0.3, 0.4) is 0 Å². The molecule has 2 aromatic rings. The van der Waals surface area contributed by atoms with E-state index >= 15 is 0 Å². The fourth-order valence-corrected chi connectivity index (χ4v) is 5.18. The van der Waals surface area contributed by atoms with E-state index in [0.717, 1.165) is 43.7 Å². The summed E-state index contributed by atoms with van der Waals surface area (Å²) in [5.41, 5.74) is 1.33. The van der Waals surface area contributed by atoms with Crippen molar-refractivity contribution in [2.75, 3.05) is 45.2 Å². The molecule has 31 heavy (non-hydrogen) atoms. The third-order valence-corrected chi connectivity index (χ3v) is 6.95. The van der Waals surface area contributed by atoms with Crippen LogP contribution in [0.4, 0.5) is 5.82 Å². The summed E-state index contributed by atoms with van der Waals surface area (Å²) in [7, 11) is 3.50. The summed E-state index contributed by atoms with van der Waals surface area (Å²) in [6.07, 6.45) is 3.49. The summed E-state index contributed by atoms with van der Waals surface area (Å²) in [4.78, 5) is 31.8. The van der Waals surface area contributed by atoms with E-state index in [0.29, 0.717) is 36.7 Å². The number of anilines is 1. The standard InChI is InChI=1S/C23H28N4O4/c1-25-18-9-12-27(14-16(18)13-19(25)28)23(29)20-21(15-5-7-17(30-2)8-6-15)31-24-22(20)26-10-3-4-11-26/h5-8,16,18H,3-4,9-14H2,1-2H3/t16-,18+/m1/s1. The Kier molecular flexibility index (Phi) is 5.08. The molecule has 0 bridgehead atoms. The van der Waals surface area contributed by atoms with Crippen LogP contribution in [0, 0.1) is 5.92 Å². The summed E-state index contributed by atoms with van der Waals surface area (Å²) in [6, 6.07) is 7.72. The molecule has 8 heteroatoms. The first-order chi connectivity index (χ1) is 15.1. The SMILES string of the molecule is COc1ccc(-c2onc(N3CCCC3)c2C(=O)N2CC[C@H]3[C@H](CC(=O)N3C)C2)cc1. The number of methoxy groups -OCH3 is 1. The van der Waals surface area contributed by atoms with Crippen molar-refractivity contribution in [2.24, 2.45) is 5.92 Å². The average molecular weight is 425 g/mol. The van der Waals surface area contributed by atoms with Crippen molar-refractivity contribution < 1.29 is 18.8 Å². The molecule has 0 aliphatic carbocycles. The molecule has 8 nitrogen and oxygen atoms in total. The topological polar surface area (TPSA) is 79.1 Å². The summed E-state index contributed by atoms with van der Waals surface area (Å²) in [5, 5.41) is 4.33. The zero-order valence-corrected chi connectivity index (χ0v) is 18.0. The highest BCUT2D eigenvalue weighted by Crippen LogP contribution is 2.37. The van der Waals surface area contributed by atoms with Crippen LogP contribution in [0.25, 0.3) is 11.3 Å². The van der Waals surface area contributed by atoms with Crippen molar-refractivity contribution in [3.8, 4) is 17.1 Å². The van der Waals surface area contributed by atoms with E-state index < -0.39 is 0 Å². The third kappa shape index (κ3) is 3.43. The number of ether oxygens (including phenoxy) is 1. The summed E-state index contributed by atoms with van der Waals surface area (Å²) >= 11 is 0. The normalized spacial score (nSPS) is 23.4. The van der Waals surface area contributed by atoms with Crippen LogP contribution in [0.15, 0.2) is 28.8 Å². The third-order valence-electron chi connectivity index (χ3n) is 6.95. The summed E-state index contributed by atoms with van der Waals surface area (Å²) in [5.74, 6) is 2.18. The van der Waals surface area contributed by atoms with Crippen molar-refractivity contribution in [1.82, 2.24) is 15.0 Å². The maximum absolute atomic E-state index is 13.8. The van der Waals surface area contributed by atoms with Gasteiger partial charge in [0.1, 0.15) is 11.3 Å². The lowest BCUT2D eigenvalue weighted by atomic mass is 9.92. The molecule has 2 atom stereocenters. The second-order valence-corrected chi connectivity index (χ2v) is 8.71. The van der Waals surface area contributed by atoms with E-state index in [1.165, 1.54) is 0 Å². The lowest BCUT2D eigenvalue weighted by molar-refractivity contribution is -0.127. The Morgan fingerprint density at radius 3 is 2.61 bits per heavy atom. The number of amides is 2. The van der Waals surface area contributed by atoms with Gasteiger partial charge in [0, 0.05) is 57.2 Å². The maximum Gasteiger partial charge on any atom is 0.261 e. The Labute approximate surface area is 181 Å². The minimum absolute atomic E-state index is 0.0607. The van der Waals surface area contributed by atoms with Gasteiger partial charge in [-0.1, -0.05) is 5.16 Å². The number of likely N-dealkylation sites (tertiary alicyclic amines) is 2. The number of nitrogens with zero attached hydrogens (tertiary/aromatic N) is 4. The van der Waals surface area contributed by atoms with Gasteiger partial charge in [0.2, 0.25) is 5.91 Å². The van der Waals surface area contributed by atoms with Gasteiger partial charge in [0.15, 0.2) is 11.6 Å². The van der Waals surface area contributed by atoms with Gasteiger partial charge in [-0.25, -0.2) is 0 Å². The number of carbonyl (C=O) groups excluding carboxylic acids is 2. The highest BCUT2D eigenvalue weighted by Gasteiger charge is 2.43. The highest BCUT2D eigenvalue weighted by atomic mass is 16.5. The average Bonchev–Trinajstić information content (AvgIpc) is 3.53. The molecular formula is C23H28N4O4. The Bertz CT molecular complexity index is 980. The molecule has 164 valence electrons. The van der Waals surface area contributed by atoms with Crippen molar-refractivity contribution in [2.45, 2.75) is 31.7 Å². The number of rotatable bonds is 4. The van der Waals surface area contributed by atoms with Crippen molar-refractivity contribution in [1.29, 1.82) is 0 Å². The lowest BCUT2D eigenvalue weighted by Crippen LogP contribution is -2.47. The van der Waals surface area contributed by atoms with E-state index in [1.807, 2.05) is 41.1 Å². The Balaban J connectivity index is 1.48. The number of fused-ring (bicyclic) bond motifs is 1. The quantitative estimate of drug-likeness (QED) is 0.751. The van der Waals surface area contributed by atoms with Crippen molar-refractivity contribution in [3.63, 3.8) is 0 Å². The van der Waals surface area contributed by atoms with Gasteiger partial charge >= 0.3 is 0 Å². The zero-order valence-electron chi connectivity index (χ0n) is 18.0. The largest absolute Gasteiger partial charge is 0.497 e. The number of hydrogen-bond acceptors (Lipinski definition) is 6. The molecule has 0 spiro atoms. The van der Waals surface area contributed by atoms with Gasteiger partial charge < -0.3 is 24.0 Å². The second-order valence-electron chi connectivity index (χ2n) is 8.71. The first kappa shape index (κ1) is 19.9. The second kappa shape index (κ2) is 7.90. The first-order valence-electron chi connectivity index (χ1n) is 11.0. The van der Waals surface area contributed by atoms with Gasteiger partial charge in [-0.15, -0.1) is 0 Å². The fourth-order valence-electron chi connectivity index (χ4n) is 5.18. The van der Waals surface area contributed by atoms with E-state index in [4.69, 9.17) is 9.26 Å². The lowest BCUT2D eigenvalue weighted by Gasteiger charge is -2.36. The van der Waals surface area contributed by atoms with Crippen LogP contribution in [-0.4, -0.2) is 73.1 Å². The minimum Gasteiger partial charge on any atom is -0.497 e. The van der Waals surface area contributed by atoms with E-state index in [1.54, 1.807) is 7.11 Å². The van der Waals surface area contributed by atoms with Crippen LogP contribution in [-0.2, 0) is 4.79 Å².